The Kier molecular flexibility index (Phi) is 5.67. The molecule has 0 fully saturated rings. The zero-order valence-electron chi connectivity index (χ0n) is 11.3. The largest absolute Gasteiger partial charge is 0.390 e. The highest BCUT2D eigenvalue weighted by Gasteiger charge is 2.32. The summed E-state index contributed by atoms with van der Waals surface area (Å²) in [4.78, 5) is 0. The minimum atomic E-state index is -4.19. The molecule has 0 amide bonds. The molecular formula is C12H19ClF3N3. The number of halogens is 4. The molecule has 0 radical (unpaired) electrons. The first-order valence-corrected chi connectivity index (χ1v) is 6.68. The number of aryl methyl sites for hydroxylation is 2. The van der Waals surface area contributed by atoms with Crippen molar-refractivity contribution in [3.8, 4) is 0 Å². The Bertz CT molecular complexity index is 415. The summed E-state index contributed by atoms with van der Waals surface area (Å²) in [5.74, 6) is 0. The van der Waals surface area contributed by atoms with Crippen LogP contribution in [0.4, 0.5) is 13.2 Å². The van der Waals surface area contributed by atoms with E-state index in [1.165, 1.54) is 0 Å². The minimum Gasteiger partial charge on any atom is -0.314 e. The summed E-state index contributed by atoms with van der Waals surface area (Å²) in [6, 6.07) is -0.677. The highest BCUT2D eigenvalue weighted by atomic mass is 35.5. The maximum atomic E-state index is 12.5. The van der Waals surface area contributed by atoms with E-state index >= 15 is 0 Å². The van der Waals surface area contributed by atoms with Gasteiger partial charge in [-0.05, 0) is 20.4 Å². The highest BCUT2D eigenvalue weighted by molar-refractivity contribution is 6.31. The van der Waals surface area contributed by atoms with Crippen LogP contribution in [-0.2, 0) is 13.0 Å². The number of alkyl halides is 3. The van der Waals surface area contributed by atoms with Gasteiger partial charge in [-0.1, -0.05) is 18.5 Å². The van der Waals surface area contributed by atoms with Gasteiger partial charge in [-0.15, -0.1) is 0 Å². The van der Waals surface area contributed by atoms with Gasteiger partial charge in [0.05, 0.1) is 22.8 Å². The first-order valence-electron chi connectivity index (χ1n) is 6.30. The number of nitrogens with one attached hydrogen (secondary N) is 1. The summed E-state index contributed by atoms with van der Waals surface area (Å²) in [7, 11) is 0. The van der Waals surface area contributed by atoms with E-state index in [-0.39, 0.29) is 6.42 Å². The number of hydrogen-bond donors (Lipinski definition) is 1. The first-order chi connectivity index (χ1) is 8.78. The van der Waals surface area contributed by atoms with Gasteiger partial charge in [0.2, 0.25) is 0 Å². The van der Waals surface area contributed by atoms with Crippen molar-refractivity contribution >= 4 is 11.6 Å². The molecule has 0 bridgehead atoms. The van der Waals surface area contributed by atoms with Crippen molar-refractivity contribution in [2.24, 2.45) is 0 Å². The number of rotatable bonds is 6. The monoisotopic (exact) mass is 297 g/mol. The van der Waals surface area contributed by atoms with Crippen LogP contribution >= 0.6 is 11.6 Å². The standard InChI is InChI=1S/C12H19ClF3N3/c1-4-17-9(7-12(14,15)16)6-10-11(13)8(3)18-19(10)5-2/h9,17H,4-7H2,1-3H3. The van der Waals surface area contributed by atoms with Crippen molar-refractivity contribution in [2.45, 2.75) is 52.4 Å². The average molecular weight is 298 g/mol. The Labute approximate surface area is 116 Å². The van der Waals surface area contributed by atoms with Gasteiger partial charge in [-0.25, -0.2) is 0 Å². The molecule has 1 rings (SSSR count). The molecule has 7 heteroatoms. The Hall–Kier alpha value is -0.750. The second-order valence-corrected chi connectivity index (χ2v) is 4.82. The summed E-state index contributed by atoms with van der Waals surface area (Å²) in [5.41, 5.74) is 1.32. The molecule has 0 saturated carbocycles. The predicted molar refractivity (Wildman–Crippen MR) is 69.5 cm³/mol. The quantitative estimate of drug-likeness (QED) is 0.873. The lowest BCUT2D eigenvalue weighted by Gasteiger charge is -2.20. The average Bonchev–Trinajstić information content (AvgIpc) is 2.55. The summed E-state index contributed by atoms with van der Waals surface area (Å²) >= 11 is 6.12. The van der Waals surface area contributed by atoms with E-state index in [0.29, 0.717) is 29.5 Å². The van der Waals surface area contributed by atoms with Crippen molar-refractivity contribution in [3.63, 3.8) is 0 Å². The summed E-state index contributed by atoms with van der Waals surface area (Å²) in [5, 5.41) is 7.53. The first kappa shape index (κ1) is 16.3. The molecule has 1 atom stereocenters. The maximum Gasteiger partial charge on any atom is 0.390 e. The van der Waals surface area contributed by atoms with E-state index in [0.717, 1.165) is 0 Å². The van der Waals surface area contributed by atoms with E-state index in [9.17, 15) is 13.2 Å². The van der Waals surface area contributed by atoms with Crippen molar-refractivity contribution < 1.29 is 13.2 Å². The molecule has 0 aliphatic rings. The van der Waals surface area contributed by atoms with Crippen molar-refractivity contribution in [3.05, 3.63) is 16.4 Å². The van der Waals surface area contributed by atoms with Gasteiger partial charge in [0.15, 0.2) is 0 Å². The third-order valence-corrected chi connectivity index (χ3v) is 3.35. The fraction of sp³-hybridized carbons (Fsp3) is 0.750. The molecule has 1 unspecified atom stereocenters. The van der Waals surface area contributed by atoms with Gasteiger partial charge in [-0.2, -0.15) is 18.3 Å². The minimum absolute atomic E-state index is 0.223. The topological polar surface area (TPSA) is 29.9 Å². The van der Waals surface area contributed by atoms with Crippen LogP contribution in [0.25, 0.3) is 0 Å². The summed E-state index contributed by atoms with van der Waals surface area (Å²) in [6.07, 6.45) is -4.84. The molecule has 1 heterocycles. The van der Waals surface area contributed by atoms with Crippen LogP contribution in [0.3, 0.4) is 0 Å². The molecule has 3 nitrogen and oxygen atoms in total. The lowest BCUT2D eigenvalue weighted by molar-refractivity contribution is -0.139. The third-order valence-electron chi connectivity index (χ3n) is 2.86. The van der Waals surface area contributed by atoms with E-state index < -0.39 is 18.6 Å². The van der Waals surface area contributed by atoms with Crippen LogP contribution in [0.15, 0.2) is 0 Å². The van der Waals surface area contributed by atoms with Crippen LogP contribution in [-0.4, -0.2) is 28.5 Å². The SMILES string of the molecule is CCNC(Cc1c(Cl)c(C)nn1CC)CC(F)(F)F. The molecule has 0 spiro atoms. The number of hydrogen-bond acceptors (Lipinski definition) is 2. The van der Waals surface area contributed by atoms with Crippen molar-refractivity contribution in [1.82, 2.24) is 15.1 Å². The molecule has 1 aromatic heterocycles. The second kappa shape index (κ2) is 6.61. The van der Waals surface area contributed by atoms with Crippen molar-refractivity contribution in [2.75, 3.05) is 6.54 Å². The lowest BCUT2D eigenvalue weighted by atomic mass is 10.1. The van der Waals surface area contributed by atoms with E-state index in [1.54, 1.807) is 18.5 Å². The molecule has 1 N–H and O–H groups in total. The number of aromatic nitrogens is 2. The number of nitrogens with zero attached hydrogens (tertiary/aromatic N) is 2. The highest BCUT2D eigenvalue weighted by Crippen LogP contribution is 2.26. The molecule has 0 aliphatic heterocycles. The van der Waals surface area contributed by atoms with E-state index in [4.69, 9.17) is 11.6 Å². The summed E-state index contributed by atoms with van der Waals surface area (Å²) < 4.78 is 39.2. The molecule has 1 aromatic rings. The fourth-order valence-electron chi connectivity index (χ4n) is 2.08. The van der Waals surface area contributed by atoms with Crippen LogP contribution in [0.2, 0.25) is 5.02 Å². The Morgan fingerprint density at radius 2 is 2.00 bits per heavy atom. The van der Waals surface area contributed by atoms with Gasteiger partial charge >= 0.3 is 6.18 Å². The van der Waals surface area contributed by atoms with Crippen LogP contribution in [0.1, 0.15) is 31.7 Å². The molecule has 0 saturated heterocycles. The normalized spacial score (nSPS) is 13.8. The van der Waals surface area contributed by atoms with Crippen molar-refractivity contribution in [1.29, 1.82) is 0 Å². The maximum absolute atomic E-state index is 12.5. The molecular weight excluding hydrogens is 279 g/mol. The van der Waals surface area contributed by atoms with Gasteiger partial charge in [0.1, 0.15) is 0 Å². The smallest absolute Gasteiger partial charge is 0.314 e. The Morgan fingerprint density at radius 1 is 1.37 bits per heavy atom. The van der Waals surface area contributed by atoms with Crippen LogP contribution < -0.4 is 5.32 Å². The van der Waals surface area contributed by atoms with Gasteiger partial charge < -0.3 is 5.32 Å². The Morgan fingerprint density at radius 3 is 2.47 bits per heavy atom. The molecule has 0 aromatic carbocycles. The molecule has 19 heavy (non-hydrogen) atoms. The van der Waals surface area contributed by atoms with E-state index in [2.05, 4.69) is 10.4 Å². The molecule has 110 valence electrons. The van der Waals surface area contributed by atoms with Gasteiger partial charge in [0, 0.05) is 19.0 Å². The molecule has 0 aliphatic carbocycles. The van der Waals surface area contributed by atoms with Crippen LogP contribution in [0.5, 0.6) is 0 Å². The predicted octanol–water partition coefficient (Wildman–Crippen LogP) is 3.34. The second-order valence-electron chi connectivity index (χ2n) is 4.44. The van der Waals surface area contributed by atoms with Gasteiger partial charge in [0.25, 0.3) is 0 Å². The zero-order chi connectivity index (χ0) is 14.6. The number of likely N-dealkylation sites (N-methyl/N-ethyl adjacent to an activating group) is 1. The van der Waals surface area contributed by atoms with E-state index in [1.807, 2.05) is 6.92 Å². The summed E-state index contributed by atoms with van der Waals surface area (Å²) in [6.45, 7) is 6.50. The zero-order valence-corrected chi connectivity index (χ0v) is 12.1. The Balaban J connectivity index is 2.90. The lowest BCUT2D eigenvalue weighted by Crippen LogP contribution is -2.36. The van der Waals surface area contributed by atoms with Crippen LogP contribution in [0, 0.1) is 6.92 Å². The van der Waals surface area contributed by atoms with Gasteiger partial charge in [-0.3, -0.25) is 4.68 Å². The fourth-order valence-corrected chi connectivity index (χ4v) is 2.29. The third kappa shape index (κ3) is 4.69.